The molecule has 164 valence electrons. The van der Waals surface area contributed by atoms with Crippen LogP contribution in [0.1, 0.15) is 66.4 Å². The van der Waals surface area contributed by atoms with Crippen LogP contribution in [-0.4, -0.2) is 34.6 Å². The normalized spacial score (nSPS) is 19.7. The first-order chi connectivity index (χ1) is 13.8. The average molecular weight is 438 g/mol. The van der Waals surface area contributed by atoms with Crippen molar-refractivity contribution in [2.45, 2.75) is 57.9 Å². The lowest BCUT2D eigenvalue weighted by Crippen LogP contribution is -2.33. The summed E-state index contributed by atoms with van der Waals surface area (Å²) in [5.74, 6) is -1.22. The molecule has 4 rings (SSSR count). The number of anilines is 1. The van der Waals surface area contributed by atoms with Gasteiger partial charge >= 0.3 is 5.97 Å². The second-order valence-electron chi connectivity index (χ2n) is 8.51. The zero-order valence-electron chi connectivity index (χ0n) is 17.4. The fourth-order valence-electron chi connectivity index (χ4n) is 4.80. The minimum atomic E-state index is -1.28. The molecule has 0 bridgehead atoms. The molecule has 1 aliphatic heterocycles. The van der Waals surface area contributed by atoms with Gasteiger partial charge in [0, 0.05) is 19.1 Å². The van der Waals surface area contributed by atoms with Crippen molar-refractivity contribution in [3.8, 4) is 0 Å². The molecule has 0 spiro atoms. The lowest BCUT2D eigenvalue weighted by Gasteiger charge is -2.25. The summed E-state index contributed by atoms with van der Waals surface area (Å²) in [5, 5.41) is 9.42. The van der Waals surface area contributed by atoms with E-state index in [1.54, 1.807) is 0 Å². The van der Waals surface area contributed by atoms with Crippen molar-refractivity contribution in [1.82, 2.24) is 4.40 Å². The molecule has 3 heterocycles. The van der Waals surface area contributed by atoms with Crippen LogP contribution in [0.2, 0.25) is 0 Å². The Kier molecular flexibility index (Phi) is 6.43. The molecule has 2 aliphatic rings. The van der Waals surface area contributed by atoms with E-state index in [1.807, 2.05) is 11.8 Å². The Morgan fingerprint density at radius 2 is 2.07 bits per heavy atom. The molecular weight excluding hydrogens is 409 g/mol. The van der Waals surface area contributed by atoms with Gasteiger partial charge in [0.25, 0.3) is 5.56 Å². The number of pyridine rings is 2. The Balaban J connectivity index is 0.00000256. The number of carboxylic acids is 1. The summed E-state index contributed by atoms with van der Waals surface area (Å²) in [7, 11) is 0. The Morgan fingerprint density at radius 1 is 1.37 bits per heavy atom. The fourth-order valence-corrected chi connectivity index (χ4v) is 4.80. The van der Waals surface area contributed by atoms with Crippen molar-refractivity contribution in [3.05, 3.63) is 45.1 Å². The number of rotatable bonds is 6. The van der Waals surface area contributed by atoms with Crippen LogP contribution >= 0.6 is 12.4 Å². The summed E-state index contributed by atoms with van der Waals surface area (Å²) in [6.07, 6.45) is 5.98. The monoisotopic (exact) mass is 437 g/mol. The van der Waals surface area contributed by atoms with E-state index in [2.05, 4.69) is 6.92 Å². The first-order valence-electron chi connectivity index (χ1n) is 10.5. The van der Waals surface area contributed by atoms with Gasteiger partial charge in [-0.25, -0.2) is 9.18 Å². The van der Waals surface area contributed by atoms with Crippen molar-refractivity contribution >= 4 is 29.6 Å². The molecule has 0 unspecified atom stereocenters. The molecule has 2 atom stereocenters. The van der Waals surface area contributed by atoms with E-state index < -0.39 is 17.3 Å². The van der Waals surface area contributed by atoms with Crippen molar-refractivity contribution in [2.75, 3.05) is 18.0 Å². The molecule has 0 radical (unpaired) electrons. The fraction of sp³-hybridized carbons (Fsp3) is 0.545. The topological polar surface area (TPSA) is 88.0 Å². The molecule has 6 nitrogen and oxygen atoms in total. The first kappa shape index (κ1) is 22.6. The molecule has 0 aromatic carbocycles. The Morgan fingerprint density at radius 3 is 2.67 bits per heavy atom. The molecule has 2 aromatic heterocycles. The molecule has 30 heavy (non-hydrogen) atoms. The predicted octanol–water partition coefficient (Wildman–Crippen LogP) is 3.70. The third-order valence-electron chi connectivity index (χ3n) is 6.46. The third-order valence-corrected chi connectivity index (χ3v) is 6.46. The van der Waals surface area contributed by atoms with Gasteiger partial charge in [0.2, 0.25) is 0 Å². The van der Waals surface area contributed by atoms with E-state index >= 15 is 4.39 Å². The van der Waals surface area contributed by atoms with E-state index in [4.69, 9.17) is 5.73 Å². The molecule has 1 aliphatic carbocycles. The predicted molar refractivity (Wildman–Crippen MR) is 118 cm³/mol. The first-order valence-corrected chi connectivity index (χ1v) is 10.5. The van der Waals surface area contributed by atoms with Gasteiger partial charge in [0.1, 0.15) is 5.56 Å². The second kappa shape index (κ2) is 8.55. The van der Waals surface area contributed by atoms with Crippen LogP contribution in [0, 0.1) is 18.7 Å². The van der Waals surface area contributed by atoms with Gasteiger partial charge in [-0.15, -0.1) is 12.4 Å². The minimum absolute atomic E-state index is 0. The summed E-state index contributed by atoms with van der Waals surface area (Å²) < 4.78 is 16.4. The van der Waals surface area contributed by atoms with Crippen LogP contribution in [0.4, 0.5) is 10.1 Å². The zero-order valence-corrected chi connectivity index (χ0v) is 18.2. The number of halogens is 2. The number of fused-ring (bicyclic) bond motifs is 1. The third kappa shape index (κ3) is 3.81. The molecule has 8 heteroatoms. The summed E-state index contributed by atoms with van der Waals surface area (Å²) in [6, 6.07) is 1.60. The number of hydrogen-bond acceptors (Lipinski definition) is 4. The van der Waals surface area contributed by atoms with Gasteiger partial charge in [-0.1, -0.05) is 13.3 Å². The number of hydrogen-bond donors (Lipinski definition) is 2. The highest BCUT2D eigenvalue weighted by molar-refractivity contribution is 5.89. The number of aromatic carboxylic acids is 1. The molecule has 1 saturated heterocycles. The van der Waals surface area contributed by atoms with Gasteiger partial charge in [-0.05, 0) is 61.6 Å². The lowest BCUT2D eigenvalue weighted by atomic mass is 9.96. The highest BCUT2D eigenvalue weighted by Gasteiger charge is 2.33. The number of carboxylic acid groups (broad SMARTS) is 1. The highest BCUT2D eigenvalue weighted by Crippen LogP contribution is 2.44. The maximum Gasteiger partial charge on any atom is 0.341 e. The minimum Gasteiger partial charge on any atom is -0.477 e. The average Bonchev–Trinajstić information content (AvgIpc) is 3.40. The maximum atomic E-state index is 15.2. The van der Waals surface area contributed by atoms with Gasteiger partial charge in [0.05, 0.1) is 17.4 Å². The lowest BCUT2D eigenvalue weighted by molar-refractivity contribution is 0.0694. The largest absolute Gasteiger partial charge is 0.477 e. The van der Waals surface area contributed by atoms with E-state index in [9.17, 15) is 14.7 Å². The van der Waals surface area contributed by atoms with E-state index in [1.165, 1.54) is 10.5 Å². The summed E-state index contributed by atoms with van der Waals surface area (Å²) in [5.41, 5.74) is 8.02. The van der Waals surface area contributed by atoms with Crippen LogP contribution in [0.3, 0.4) is 0 Å². The number of aryl methyl sites for hydroxylation is 1. The number of nitrogens with two attached hydrogens (primary N) is 1. The van der Waals surface area contributed by atoms with Crippen molar-refractivity contribution < 1.29 is 14.3 Å². The van der Waals surface area contributed by atoms with Crippen LogP contribution in [0.15, 0.2) is 17.1 Å². The number of nitrogens with zero attached hydrogens (tertiary/aromatic N) is 2. The molecule has 2 aromatic rings. The number of carbonyl (C=O) groups is 1. The molecule has 1 saturated carbocycles. The van der Waals surface area contributed by atoms with Crippen molar-refractivity contribution in [2.24, 2.45) is 11.7 Å². The summed E-state index contributed by atoms with van der Waals surface area (Å²) >= 11 is 0. The maximum absolute atomic E-state index is 15.2. The molecule has 2 fully saturated rings. The van der Waals surface area contributed by atoms with E-state index in [-0.39, 0.29) is 29.9 Å². The summed E-state index contributed by atoms with van der Waals surface area (Å²) in [4.78, 5) is 26.3. The quantitative estimate of drug-likeness (QED) is 0.719. The standard InChI is InChI=1S/C22H28FN3O3.ClH/c1-3-4-18(24)14-7-8-25(10-14)20-12(2)19-15(13-5-6-13)9-16(22(28)29)21(27)26(19)11-17(20)23;/h9,11,13-14,18H,3-8,10,24H2,1-2H3,(H,28,29);1H/t14-,18+;/m1./s1. The SMILES string of the molecule is CCC[C@H](N)[C@@H]1CCN(c2c(F)cn3c(=O)c(C(=O)O)cc(C4CC4)c3c2C)C1.Cl. The van der Waals surface area contributed by atoms with Gasteiger partial charge in [0.15, 0.2) is 5.82 Å². The van der Waals surface area contributed by atoms with Crippen LogP contribution in [0.25, 0.3) is 5.52 Å². The highest BCUT2D eigenvalue weighted by atomic mass is 35.5. The van der Waals surface area contributed by atoms with Crippen LogP contribution in [0.5, 0.6) is 0 Å². The molecule has 0 amide bonds. The van der Waals surface area contributed by atoms with Gasteiger partial charge in [-0.2, -0.15) is 0 Å². The van der Waals surface area contributed by atoms with E-state index in [0.29, 0.717) is 29.2 Å². The Labute approximate surface area is 181 Å². The van der Waals surface area contributed by atoms with Crippen LogP contribution in [-0.2, 0) is 0 Å². The van der Waals surface area contributed by atoms with Gasteiger partial charge < -0.3 is 15.7 Å². The second-order valence-corrected chi connectivity index (χ2v) is 8.51. The van der Waals surface area contributed by atoms with Crippen LogP contribution < -0.4 is 16.2 Å². The number of aromatic nitrogens is 1. The van der Waals surface area contributed by atoms with Gasteiger partial charge in [-0.3, -0.25) is 9.20 Å². The summed E-state index contributed by atoms with van der Waals surface area (Å²) in [6.45, 7) is 5.37. The van der Waals surface area contributed by atoms with Crippen molar-refractivity contribution in [1.29, 1.82) is 0 Å². The molecule has 3 N–H and O–H groups in total. The molecular formula is C22H29ClFN3O3. The van der Waals surface area contributed by atoms with E-state index in [0.717, 1.165) is 50.4 Å². The Bertz CT molecular complexity index is 1030. The zero-order chi connectivity index (χ0) is 20.9. The Hall–Kier alpha value is -2.12. The van der Waals surface area contributed by atoms with Crippen molar-refractivity contribution in [3.63, 3.8) is 0 Å². The smallest absolute Gasteiger partial charge is 0.341 e.